The summed E-state index contributed by atoms with van der Waals surface area (Å²) in [6, 6.07) is 5.13. The molecule has 25 heavy (non-hydrogen) atoms. The van der Waals surface area contributed by atoms with Crippen molar-refractivity contribution in [2.75, 3.05) is 19.8 Å². The van der Waals surface area contributed by atoms with Crippen LogP contribution in [0.2, 0.25) is 0 Å². The van der Waals surface area contributed by atoms with E-state index in [0.29, 0.717) is 24.4 Å². The van der Waals surface area contributed by atoms with Crippen molar-refractivity contribution in [3.05, 3.63) is 30.1 Å². The highest BCUT2D eigenvalue weighted by Crippen LogP contribution is 2.18. The van der Waals surface area contributed by atoms with E-state index in [1.807, 2.05) is 13.8 Å². The van der Waals surface area contributed by atoms with Gasteiger partial charge in [-0.05, 0) is 24.5 Å². The van der Waals surface area contributed by atoms with Gasteiger partial charge in [-0.2, -0.15) is 0 Å². The Morgan fingerprint density at radius 3 is 2.56 bits per heavy atom. The molecule has 1 amide bonds. The summed E-state index contributed by atoms with van der Waals surface area (Å²) < 4.78 is 25.3. The Labute approximate surface area is 154 Å². The maximum absolute atomic E-state index is 12.7. The van der Waals surface area contributed by atoms with Gasteiger partial charge >= 0.3 is 0 Å². The van der Waals surface area contributed by atoms with Crippen LogP contribution in [-0.2, 0) is 9.84 Å². The van der Waals surface area contributed by atoms with Crippen molar-refractivity contribution in [1.82, 2.24) is 14.3 Å². The van der Waals surface area contributed by atoms with Crippen LogP contribution in [0.5, 0.6) is 0 Å². The number of sulfone groups is 1. The Morgan fingerprint density at radius 2 is 2.00 bits per heavy atom. The molecule has 0 radical (unpaired) electrons. The van der Waals surface area contributed by atoms with Crippen LogP contribution in [0.3, 0.4) is 0 Å². The molecule has 0 saturated carbocycles. The molecule has 0 aliphatic carbocycles. The molecule has 2 heterocycles. The lowest BCUT2D eigenvalue weighted by Gasteiger charge is -2.21. The summed E-state index contributed by atoms with van der Waals surface area (Å²) in [5, 5.41) is -0.131. The number of amides is 1. The molecule has 1 atom stereocenters. The first kappa shape index (κ1) is 21.4. The third kappa shape index (κ3) is 4.71. The van der Waals surface area contributed by atoms with E-state index in [0.717, 1.165) is 6.26 Å². The quantitative estimate of drug-likeness (QED) is 0.810. The Hall–Kier alpha value is -1.64. The largest absolute Gasteiger partial charge is 0.340 e. The van der Waals surface area contributed by atoms with Crippen LogP contribution in [0.1, 0.15) is 30.8 Å². The Balaban J connectivity index is 0.00000312. The Kier molecular flexibility index (Phi) is 6.99. The predicted molar refractivity (Wildman–Crippen MR) is 99.9 cm³/mol. The van der Waals surface area contributed by atoms with Crippen molar-refractivity contribution >= 4 is 33.7 Å². The molecule has 0 aliphatic rings. The molecule has 0 fully saturated rings. The average Bonchev–Trinajstić information content (AvgIpc) is 2.91. The SMILES string of the molecule is CC(C)C(N)CCN(C)C(=O)c1nc(S(C)(=O)=O)n2ccccc12.Cl. The predicted octanol–water partition coefficient (Wildman–Crippen LogP) is 1.61. The first-order valence-corrected chi connectivity index (χ1v) is 9.70. The molecule has 0 aliphatic heterocycles. The third-order valence-corrected chi connectivity index (χ3v) is 5.00. The van der Waals surface area contributed by atoms with Crippen molar-refractivity contribution in [1.29, 1.82) is 0 Å². The number of hydrogen-bond donors (Lipinski definition) is 1. The monoisotopic (exact) mass is 388 g/mol. The fourth-order valence-corrected chi connectivity index (χ4v) is 3.16. The molecule has 0 spiro atoms. The fraction of sp³-hybridized carbons (Fsp3) is 0.500. The van der Waals surface area contributed by atoms with Gasteiger partial charge in [-0.25, -0.2) is 13.4 Å². The van der Waals surface area contributed by atoms with Gasteiger partial charge in [0.05, 0.1) is 5.52 Å². The van der Waals surface area contributed by atoms with Crippen molar-refractivity contribution in [3.8, 4) is 0 Å². The number of nitrogens with two attached hydrogens (primary N) is 1. The lowest BCUT2D eigenvalue weighted by molar-refractivity contribution is 0.0785. The normalized spacial score (nSPS) is 12.9. The minimum absolute atomic E-state index is 0. The molecule has 0 saturated heterocycles. The van der Waals surface area contributed by atoms with Crippen molar-refractivity contribution in [3.63, 3.8) is 0 Å². The summed E-state index contributed by atoms with van der Waals surface area (Å²) in [4.78, 5) is 18.3. The zero-order valence-electron chi connectivity index (χ0n) is 14.8. The summed E-state index contributed by atoms with van der Waals surface area (Å²) in [5.74, 6) is 0.0170. The first-order chi connectivity index (χ1) is 11.1. The average molecular weight is 389 g/mol. The topological polar surface area (TPSA) is 97.8 Å². The molecule has 0 bridgehead atoms. The number of carbonyl (C=O) groups is 1. The number of fused-ring (bicyclic) bond motifs is 1. The van der Waals surface area contributed by atoms with Gasteiger partial charge in [0.25, 0.3) is 5.91 Å². The van der Waals surface area contributed by atoms with Crippen molar-refractivity contribution < 1.29 is 13.2 Å². The number of pyridine rings is 1. The van der Waals surface area contributed by atoms with Gasteiger partial charge in [0, 0.05) is 32.1 Å². The van der Waals surface area contributed by atoms with Crippen LogP contribution in [0, 0.1) is 5.92 Å². The summed E-state index contributed by atoms with van der Waals surface area (Å²) in [7, 11) is -1.87. The zero-order chi connectivity index (χ0) is 18.1. The smallest absolute Gasteiger partial charge is 0.274 e. The highest BCUT2D eigenvalue weighted by atomic mass is 35.5. The number of hydrogen-bond acceptors (Lipinski definition) is 5. The van der Waals surface area contributed by atoms with E-state index in [2.05, 4.69) is 4.98 Å². The van der Waals surface area contributed by atoms with Crippen LogP contribution < -0.4 is 5.73 Å². The molecule has 2 aromatic rings. The van der Waals surface area contributed by atoms with Crippen LogP contribution in [-0.4, -0.2) is 54.5 Å². The second kappa shape index (κ2) is 8.16. The number of rotatable bonds is 6. The van der Waals surface area contributed by atoms with Gasteiger partial charge in [-0.3, -0.25) is 9.20 Å². The van der Waals surface area contributed by atoms with Crippen LogP contribution in [0.4, 0.5) is 0 Å². The second-order valence-corrected chi connectivity index (χ2v) is 8.30. The number of nitrogens with zero attached hydrogens (tertiary/aromatic N) is 3. The number of aromatic nitrogens is 2. The summed E-state index contributed by atoms with van der Waals surface area (Å²) in [6.45, 7) is 4.56. The van der Waals surface area contributed by atoms with Crippen LogP contribution in [0.15, 0.2) is 29.6 Å². The lowest BCUT2D eigenvalue weighted by atomic mass is 10.0. The molecule has 7 nitrogen and oxygen atoms in total. The third-order valence-electron chi connectivity index (χ3n) is 4.05. The van der Waals surface area contributed by atoms with E-state index in [4.69, 9.17) is 5.73 Å². The summed E-state index contributed by atoms with van der Waals surface area (Å²) >= 11 is 0. The standard InChI is InChI=1S/C16H24N4O3S.ClH/c1-11(2)12(17)8-10-19(3)15(21)14-13-7-5-6-9-20(13)16(18-14)24(4,22)23;/h5-7,9,11-12H,8,10,17H2,1-4H3;1H. The molecule has 0 aromatic carbocycles. The lowest BCUT2D eigenvalue weighted by Crippen LogP contribution is -2.34. The van der Waals surface area contributed by atoms with E-state index in [1.165, 1.54) is 9.30 Å². The summed E-state index contributed by atoms with van der Waals surface area (Å²) in [6.07, 6.45) is 3.34. The minimum atomic E-state index is -3.54. The van der Waals surface area contributed by atoms with E-state index in [9.17, 15) is 13.2 Å². The van der Waals surface area contributed by atoms with Gasteiger partial charge in [0.15, 0.2) is 5.69 Å². The summed E-state index contributed by atoms with van der Waals surface area (Å²) in [5.41, 5.74) is 6.63. The number of carbonyl (C=O) groups excluding carboxylic acids is 1. The van der Waals surface area contributed by atoms with E-state index in [1.54, 1.807) is 31.4 Å². The minimum Gasteiger partial charge on any atom is -0.340 e. The fourth-order valence-electron chi connectivity index (χ4n) is 2.39. The van der Waals surface area contributed by atoms with E-state index < -0.39 is 9.84 Å². The van der Waals surface area contributed by atoms with E-state index >= 15 is 0 Å². The molecule has 2 aromatic heterocycles. The molecule has 2 N–H and O–H groups in total. The van der Waals surface area contributed by atoms with Crippen molar-refractivity contribution in [2.24, 2.45) is 11.7 Å². The maximum atomic E-state index is 12.7. The first-order valence-electron chi connectivity index (χ1n) is 7.81. The molecule has 2 rings (SSSR count). The highest BCUT2D eigenvalue weighted by molar-refractivity contribution is 7.90. The van der Waals surface area contributed by atoms with Crippen molar-refractivity contribution in [2.45, 2.75) is 31.5 Å². The Morgan fingerprint density at radius 1 is 1.36 bits per heavy atom. The molecule has 9 heteroatoms. The van der Waals surface area contributed by atoms with E-state index in [-0.39, 0.29) is 35.2 Å². The van der Waals surface area contributed by atoms with Gasteiger partial charge < -0.3 is 10.6 Å². The Bertz CT molecular complexity index is 848. The zero-order valence-corrected chi connectivity index (χ0v) is 16.5. The molecule has 1 unspecified atom stereocenters. The van der Waals surface area contributed by atoms with Gasteiger partial charge in [-0.1, -0.05) is 19.9 Å². The van der Waals surface area contributed by atoms with Gasteiger partial charge in [0.1, 0.15) is 0 Å². The van der Waals surface area contributed by atoms with Gasteiger partial charge in [0.2, 0.25) is 15.0 Å². The number of imidazole rings is 1. The second-order valence-electron chi connectivity index (χ2n) is 6.39. The molecule has 140 valence electrons. The van der Waals surface area contributed by atoms with Gasteiger partial charge in [-0.15, -0.1) is 12.4 Å². The molecular weight excluding hydrogens is 364 g/mol. The highest BCUT2D eigenvalue weighted by Gasteiger charge is 2.24. The number of halogens is 1. The maximum Gasteiger partial charge on any atom is 0.274 e. The molecular formula is C16H25ClN4O3S. The van der Waals surface area contributed by atoms with Crippen LogP contribution in [0.25, 0.3) is 5.52 Å². The van der Waals surface area contributed by atoms with Crippen LogP contribution >= 0.6 is 12.4 Å².